The van der Waals surface area contributed by atoms with Gasteiger partial charge in [-0.25, -0.2) is 0 Å². The van der Waals surface area contributed by atoms with Crippen molar-refractivity contribution in [3.8, 4) is 22.3 Å². The Labute approximate surface area is 212 Å². The summed E-state index contributed by atoms with van der Waals surface area (Å²) in [5, 5.41) is 7.72. The molecule has 0 fully saturated rings. The summed E-state index contributed by atoms with van der Waals surface area (Å²) in [6.07, 6.45) is 0. The number of hydrogen-bond acceptors (Lipinski definition) is 2. The molecule has 2 heterocycles. The molecule has 0 nitrogen and oxygen atoms in total. The van der Waals surface area contributed by atoms with Crippen molar-refractivity contribution < 1.29 is 0 Å². The van der Waals surface area contributed by atoms with Crippen molar-refractivity contribution in [2.45, 2.75) is 0 Å². The van der Waals surface area contributed by atoms with E-state index in [1.807, 2.05) is 0 Å². The summed E-state index contributed by atoms with van der Waals surface area (Å²) in [7, 11) is 0. The average Bonchev–Trinajstić information content (AvgIpc) is 3.32. The van der Waals surface area contributed by atoms with Crippen LogP contribution in [-0.2, 0) is 24.5 Å². The van der Waals surface area contributed by atoms with E-state index in [1.165, 1.54) is 54.1 Å². The second-order valence-corrected chi connectivity index (χ2v) is 17.5. The highest BCUT2D eigenvalue weighted by Crippen LogP contribution is 2.65. The molecule has 0 aromatic heterocycles. The van der Waals surface area contributed by atoms with Crippen molar-refractivity contribution in [1.82, 2.24) is 0 Å². The molecule has 0 saturated heterocycles. The maximum Gasteiger partial charge on any atom is 0.0918 e. The topological polar surface area (TPSA) is 0 Å². The van der Waals surface area contributed by atoms with Crippen molar-refractivity contribution in [2.24, 2.45) is 0 Å². The van der Waals surface area contributed by atoms with E-state index in [4.69, 9.17) is 24.5 Å². The molecule has 2 unspecified atom stereocenters. The number of fused-ring (bicyclic) bond motifs is 6. The molecule has 0 radical (unpaired) electrons. The minimum Gasteiger partial charge on any atom is -0.540 e. The van der Waals surface area contributed by atoms with Gasteiger partial charge in [0.1, 0.15) is 0 Å². The minimum absolute atomic E-state index is 1.25. The molecule has 34 heavy (non-hydrogen) atoms. The van der Waals surface area contributed by atoms with Crippen LogP contribution in [-0.4, -0.2) is 0 Å². The molecule has 162 valence electrons. The Hall–Kier alpha value is -2.34. The highest BCUT2D eigenvalue weighted by atomic mass is 32.7. The quantitative estimate of drug-likeness (QED) is 0.240. The molecule has 0 aliphatic carbocycles. The van der Waals surface area contributed by atoms with Gasteiger partial charge in [-0.05, 0) is 61.5 Å². The summed E-state index contributed by atoms with van der Waals surface area (Å²) in [4.78, 5) is 0. The van der Waals surface area contributed by atoms with Gasteiger partial charge < -0.3 is 24.5 Å². The largest absolute Gasteiger partial charge is 0.540 e. The molecule has 0 N–H and O–H groups in total. The lowest BCUT2D eigenvalue weighted by atomic mass is 10.0. The second-order valence-electron chi connectivity index (χ2n) is 8.81. The summed E-state index contributed by atoms with van der Waals surface area (Å²) >= 11 is 13.3. The van der Waals surface area contributed by atoms with E-state index in [-0.39, 0.29) is 0 Å². The molecule has 4 heteroatoms. The van der Waals surface area contributed by atoms with Crippen LogP contribution < -0.4 is 31.8 Å². The third-order valence-corrected chi connectivity index (χ3v) is 17.0. The predicted molar refractivity (Wildman–Crippen MR) is 157 cm³/mol. The van der Waals surface area contributed by atoms with Gasteiger partial charge in [-0.15, -0.1) is 0 Å². The average molecular weight is 507 g/mol. The van der Waals surface area contributed by atoms with Crippen LogP contribution in [0.3, 0.4) is 0 Å². The van der Waals surface area contributed by atoms with E-state index in [9.17, 15) is 0 Å². The molecule has 5 aromatic rings. The van der Waals surface area contributed by atoms with Gasteiger partial charge >= 0.3 is 0 Å². The van der Waals surface area contributed by atoms with Crippen LogP contribution in [0.2, 0.25) is 0 Å². The van der Waals surface area contributed by atoms with Crippen LogP contribution >= 0.6 is 12.9 Å². The zero-order valence-corrected chi connectivity index (χ0v) is 21.7. The maximum absolute atomic E-state index is 6.66. The molecule has 0 saturated carbocycles. The molecule has 2 aliphatic heterocycles. The van der Waals surface area contributed by atoms with Gasteiger partial charge in [-0.3, -0.25) is 0 Å². The number of hydrogen-bond donors (Lipinski definition) is 0. The van der Waals surface area contributed by atoms with Crippen molar-refractivity contribution in [3.63, 3.8) is 0 Å². The molecule has 5 aromatic carbocycles. The van der Waals surface area contributed by atoms with Crippen LogP contribution in [0.1, 0.15) is 0 Å². The first-order chi connectivity index (χ1) is 16.6. The van der Waals surface area contributed by atoms with Gasteiger partial charge in [-0.2, -0.15) is 0 Å². The zero-order chi connectivity index (χ0) is 22.9. The SMILES string of the molecule is [S-][P+]1(c2ccccc2)c2ccccc2-c2cc3c(cc21)-c1ccccc1[P+]3([S-])c1ccccc1. The number of benzene rings is 5. The fourth-order valence-corrected chi connectivity index (χ4v) is 14.3. The Balaban J connectivity index is 1.58. The monoisotopic (exact) mass is 506 g/mol. The van der Waals surface area contributed by atoms with Gasteiger partial charge in [0.2, 0.25) is 0 Å². The van der Waals surface area contributed by atoms with E-state index < -0.39 is 12.9 Å². The normalized spacial score (nSPS) is 21.5. The Morgan fingerprint density at radius 1 is 0.353 bits per heavy atom. The zero-order valence-electron chi connectivity index (χ0n) is 18.3. The Morgan fingerprint density at radius 2 is 0.706 bits per heavy atom. The predicted octanol–water partition coefficient (Wildman–Crippen LogP) is 5.16. The summed E-state index contributed by atoms with van der Waals surface area (Å²) in [5.41, 5.74) is 5.11. The van der Waals surface area contributed by atoms with Crippen LogP contribution in [0.25, 0.3) is 22.3 Å². The van der Waals surface area contributed by atoms with Crippen LogP contribution in [0.4, 0.5) is 0 Å². The van der Waals surface area contributed by atoms with Crippen LogP contribution in [0.15, 0.2) is 121 Å². The minimum atomic E-state index is -2.15. The maximum atomic E-state index is 6.66. The third-order valence-electron chi connectivity index (χ3n) is 7.10. The molecule has 7 rings (SSSR count). The lowest BCUT2D eigenvalue weighted by molar-refractivity contribution is 1.71. The third kappa shape index (κ3) is 2.66. The summed E-state index contributed by atoms with van der Waals surface area (Å²) in [6.45, 7) is -4.30. The van der Waals surface area contributed by atoms with Gasteiger partial charge in [0, 0.05) is 22.3 Å². The highest BCUT2D eigenvalue weighted by molar-refractivity contribution is 8.52. The van der Waals surface area contributed by atoms with Crippen molar-refractivity contribution in [3.05, 3.63) is 121 Å². The van der Waals surface area contributed by atoms with Crippen molar-refractivity contribution >= 4 is 69.3 Å². The van der Waals surface area contributed by atoms with E-state index in [1.54, 1.807) is 0 Å². The summed E-state index contributed by atoms with van der Waals surface area (Å²) in [6, 6.07) is 43.8. The van der Waals surface area contributed by atoms with E-state index in [0.717, 1.165) is 0 Å². The number of rotatable bonds is 2. The molecule has 2 aliphatic rings. The fraction of sp³-hybridized carbons (Fsp3) is 0. The Bertz CT molecular complexity index is 1460. The summed E-state index contributed by atoms with van der Waals surface area (Å²) in [5.74, 6) is 0. The first-order valence-corrected chi connectivity index (χ1v) is 16.9. The Morgan fingerprint density at radius 3 is 1.12 bits per heavy atom. The molecule has 2 atom stereocenters. The lowest BCUT2D eigenvalue weighted by Crippen LogP contribution is -2.27. The standard InChI is InChI=1S/C30H20P2S2/c33-31(21-11-3-1-4-12-21)27-17-9-7-15-23(27)25-20-30-26(19-29(25)31)24-16-8-10-18-28(24)32(30,34)22-13-5-2-6-14-22/h1-20H. The smallest absolute Gasteiger partial charge is 0.0918 e. The van der Waals surface area contributed by atoms with Gasteiger partial charge in [0.25, 0.3) is 0 Å². The summed E-state index contributed by atoms with van der Waals surface area (Å²) < 4.78 is 0. The van der Waals surface area contributed by atoms with Gasteiger partial charge in [0.15, 0.2) is 0 Å². The Kier molecular flexibility index (Phi) is 4.68. The highest BCUT2D eigenvalue weighted by Gasteiger charge is 2.48. The van der Waals surface area contributed by atoms with Crippen molar-refractivity contribution in [2.75, 3.05) is 0 Å². The second kappa shape index (κ2) is 7.58. The molecular weight excluding hydrogens is 486 g/mol. The molecule has 0 amide bonds. The fourth-order valence-electron chi connectivity index (χ4n) is 5.57. The first kappa shape index (κ1) is 21.0. The van der Waals surface area contributed by atoms with Crippen LogP contribution in [0, 0.1) is 0 Å². The molecule has 0 bridgehead atoms. The van der Waals surface area contributed by atoms with Gasteiger partial charge in [0.05, 0.1) is 31.8 Å². The van der Waals surface area contributed by atoms with Crippen LogP contribution in [0.5, 0.6) is 0 Å². The van der Waals surface area contributed by atoms with Crippen molar-refractivity contribution in [1.29, 1.82) is 0 Å². The lowest BCUT2D eigenvalue weighted by Gasteiger charge is -2.31. The van der Waals surface area contributed by atoms with E-state index >= 15 is 0 Å². The van der Waals surface area contributed by atoms with Gasteiger partial charge in [-0.1, -0.05) is 72.8 Å². The van der Waals surface area contributed by atoms with E-state index in [2.05, 4.69) is 121 Å². The van der Waals surface area contributed by atoms with E-state index in [0.29, 0.717) is 0 Å². The molecule has 0 spiro atoms. The first-order valence-electron chi connectivity index (χ1n) is 11.3. The molecular formula is C30H20P2S2.